The van der Waals surface area contributed by atoms with Crippen LogP contribution in [0, 0.1) is 11.8 Å². The first-order valence-corrected chi connectivity index (χ1v) is 22.9. The van der Waals surface area contributed by atoms with Gasteiger partial charge in [0, 0.05) is 36.4 Å². The maximum Gasteiger partial charge on any atom is 0.326 e. The summed E-state index contributed by atoms with van der Waals surface area (Å²) in [4.78, 5) is 111. The van der Waals surface area contributed by atoms with Crippen molar-refractivity contribution in [3.8, 4) is 0 Å². The van der Waals surface area contributed by atoms with Crippen LogP contribution in [0.4, 0.5) is 0 Å². The van der Waals surface area contributed by atoms with Gasteiger partial charge in [0.25, 0.3) is 0 Å². The number of aliphatic hydroxyl groups is 1. The number of amides is 6. The number of carbonyl (C=O) groups excluding carboxylic acids is 6. The van der Waals surface area contributed by atoms with E-state index in [2.05, 4.69) is 36.9 Å². The van der Waals surface area contributed by atoms with E-state index in [9.17, 15) is 53.7 Å². The third-order valence-corrected chi connectivity index (χ3v) is 12.3. The predicted octanol–water partition coefficient (Wildman–Crippen LogP) is 2.60. The summed E-state index contributed by atoms with van der Waals surface area (Å²) in [5.74, 6) is -9.44. The van der Waals surface area contributed by atoms with Gasteiger partial charge in [-0.15, -0.1) is 0 Å². The molecule has 4 aromatic rings. The second-order valence-corrected chi connectivity index (χ2v) is 18.0. The molecule has 0 saturated carbocycles. The van der Waals surface area contributed by atoms with Crippen LogP contribution in [0.15, 0.2) is 79.0 Å². The first kappa shape index (κ1) is 51.9. The number of benzene rings is 3. The minimum absolute atomic E-state index is 0.0336. The third kappa shape index (κ3) is 13.3. The van der Waals surface area contributed by atoms with E-state index in [1.165, 1.54) is 13.8 Å². The maximum absolute atomic E-state index is 14.5. The molecule has 0 aliphatic heterocycles. The van der Waals surface area contributed by atoms with Gasteiger partial charge < -0.3 is 52.2 Å². The highest BCUT2D eigenvalue weighted by Crippen LogP contribution is 2.37. The van der Waals surface area contributed by atoms with Crippen LogP contribution in [0.2, 0.25) is 0 Å². The predicted molar refractivity (Wildman–Crippen MR) is 252 cm³/mol. The number of aliphatic hydroxyl groups excluding tert-OH is 1. The fraction of sp³-hybridized carbons (Fsp3) is 0.440. The molecule has 0 radical (unpaired) electrons. The first-order chi connectivity index (χ1) is 32.3. The van der Waals surface area contributed by atoms with Crippen LogP contribution in [0.3, 0.4) is 0 Å². The standard InChI is InChI=1S/C50H63N7O11/c1-7-27(4)42(47(64)55-39(50(67)68)23-32-25-51-36-19-13-12-16-33(32)36)56-48(65)43(28(5)58)57-46(63)38(24-40(60)61)53-45(62)37(22-26(2)3)54-49(66)44(52-29(6)59)41-34-17-10-8-14-30(34)20-21-31-15-9-11-18-35(31)41/h8-19,25-28,37-39,41-44,51,58H,7,20-24H2,1-6H3,(H,52,59)(H,53,62)(H,54,66)(H,55,64)(H,56,65)(H,57,63)(H,60,61)(H,67,68)/t27-,28-,37-,38-,39-,42-,43-,44+/m0/s1. The Morgan fingerprint density at radius 1 is 0.647 bits per heavy atom. The quantitative estimate of drug-likeness (QED) is 0.0547. The number of carboxylic acid groups (broad SMARTS) is 2. The molecule has 0 saturated heterocycles. The van der Waals surface area contributed by atoms with E-state index >= 15 is 0 Å². The zero-order valence-electron chi connectivity index (χ0n) is 39.1. The number of hydrogen-bond donors (Lipinski definition) is 10. The minimum atomic E-state index is -1.83. The molecule has 364 valence electrons. The van der Waals surface area contributed by atoms with Gasteiger partial charge >= 0.3 is 11.9 Å². The Morgan fingerprint density at radius 2 is 1.18 bits per heavy atom. The number of nitrogens with one attached hydrogen (secondary N) is 7. The lowest BCUT2D eigenvalue weighted by Gasteiger charge is -2.31. The summed E-state index contributed by atoms with van der Waals surface area (Å²) in [7, 11) is 0. The molecule has 10 N–H and O–H groups in total. The number of para-hydroxylation sites is 1. The van der Waals surface area contributed by atoms with Crippen molar-refractivity contribution in [3.05, 3.63) is 107 Å². The summed E-state index contributed by atoms with van der Waals surface area (Å²) in [6, 6.07) is 13.6. The second-order valence-electron chi connectivity index (χ2n) is 18.0. The zero-order valence-corrected chi connectivity index (χ0v) is 39.1. The van der Waals surface area contributed by atoms with Crippen LogP contribution >= 0.6 is 0 Å². The molecular formula is C50H63N7O11. The highest BCUT2D eigenvalue weighted by molar-refractivity contribution is 5.98. The summed E-state index contributed by atoms with van der Waals surface area (Å²) in [6.45, 7) is 9.44. The van der Waals surface area contributed by atoms with Crippen molar-refractivity contribution in [1.82, 2.24) is 36.9 Å². The lowest BCUT2D eigenvalue weighted by atomic mass is 9.82. The smallest absolute Gasteiger partial charge is 0.326 e. The normalized spacial score (nSPS) is 15.9. The number of aromatic amines is 1. The van der Waals surface area contributed by atoms with Gasteiger partial charge in [0.1, 0.15) is 36.3 Å². The lowest BCUT2D eigenvalue weighted by Crippen LogP contribution is -2.62. The number of hydrogen-bond acceptors (Lipinski definition) is 9. The monoisotopic (exact) mass is 937 g/mol. The van der Waals surface area contributed by atoms with Crippen LogP contribution in [0.1, 0.15) is 94.5 Å². The number of H-pyrrole nitrogens is 1. The number of fused-ring (bicyclic) bond motifs is 3. The average Bonchev–Trinajstić information content (AvgIpc) is 3.62. The van der Waals surface area contributed by atoms with Gasteiger partial charge in [-0.3, -0.25) is 33.6 Å². The number of aliphatic carboxylic acids is 2. The summed E-state index contributed by atoms with van der Waals surface area (Å²) in [5.41, 5.74) is 5.04. The van der Waals surface area contributed by atoms with Gasteiger partial charge in [0.15, 0.2) is 0 Å². The van der Waals surface area contributed by atoms with E-state index in [1.54, 1.807) is 40.0 Å². The molecule has 5 rings (SSSR count). The number of carbonyl (C=O) groups is 8. The third-order valence-electron chi connectivity index (χ3n) is 12.3. The van der Waals surface area contributed by atoms with Crippen molar-refractivity contribution in [2.75, 3.05) is 0 Å². The molecule has 1 aliphatic carbocycles. The molecule has 0 unspecified atom stereocenters. The molecule has 18 heteroatoms. The molecule has 8 atom stereocenters. The van der Waals surface area contributed by atoms with E-state index in [-0.39, 0.29) is 18.8 Å². The molecule has 0 fully saturated rings. The van der Waals surface area contributed by atoms with Gasteiger partial charge in [-0.2, -0.15) is 0 Å². The molecular weight excluding hydrogens is 875 g/mol. The van der Waals surface area contributed by atoms with Gasteiger partial charge in [0.05, 0.1) is 12.5 Å². The largest absolute Gasteiger partial charge is 0.481 e. The van der Waals surface area contributed by atoms with Crippen LogP contribution in [0.5, 0.6) is 0 Å². The summed E-state index contributed by atoms with van der Waals surface area (Å²) in [6.07, 6.45) is 0.735. The van der Waals surface area contributed by atoms with E-state index in [1.807, 2.05) is 66.7 Å². The fourth-order valence-corrected chi connectivity index (χ4v) is 8.65. The molecule has 3 aromatic carbocycles. The molecule has 6 amide bonds. The highest BCUT2D eigenvalue weighted by Gasteiger charge is 2.39. The summed E-state index contributed by atoms with van der Waals surface area (Å²) >= 11 is 0. The number of aryl methyl sites for hydroxylation is 2. The Bertz CT molecular complexity index is 2440. The van der Waals surface area contributed by atoms with Gasteiger partial charge in [-0.1, -0.05) is 101 Å². The lowest BCUT2D eigenvalue weighted by molar-refractivity contribution is -0.143. The summed E-state index contributed by atoms with van der Waals surface area (Å²) < 4.78 is 0. The Balaban J connectivity index is 1.34. The molecule has 68 heavy (non-hydrogen) atoms. The Morgan fingerprint density at radius 3 is 1.74 bits per heavy atom. The topological polar surface area (TPSA) is 285 Å². The van der Waals surface area contributed by atoms with Crippen molar-refractivity contribution in [3.63, 3.8) is 0 Å². The Labute approximate surface area is 394 Å². The first-order valence-electron chi connectivity index (χ1n) is 22.9. The molecule has 18 nitrogen and oxygen atoms in total. The molecule has 0 spiro atoms. The van der Waals surface area contributed by atoms with E-state index in [0.29, 0.717) is 24.8 Å². The molecule has 1 aliphatic rings. The van der Waals surface area contributed by atoms with Gasteiger partial charge in [0.2, 0.25) is 35.4 Å². The highest BCUT2D eigenvalue weighted by atomic mass is 16.4. The average molecular weight is 938 g/mol. The van der Waals surface area contributed by atoms with Gasteiger partial charge in [-0.05, 0) is 71.9 Å². The number of rotatable bonds is 22. The van der Waals surface area contributed by atoms with Gasteiger partial charge in [-0.25, -0.2) is 4.79 Å². The SMILES string of the molecule is CC[C@H](C)[C@H](NC(=O)[C@@H](NC(=O)[C@H](CC(=O)O)NC(=O)[C@H](CC(C)C)NC(=O)[C@H](NC(C)=O)C1c2ccccc2CCc2ccccc21)[C@H](C)O)C(=O)N[C@@H](Cc1c[nH]c2ccccc12)C(=O)O. The number of aromatic nitrogens is 1. The van der Waals surface area contributed by atoms with Crippen molar-refractivity contribution in [1.29, 1.82) is 0 Å². The molecule has 0 bridgehead atoms. The fourth-order valence-electron chi connectivity index (χ4n) is 8.65. The van der Waals surface area contributed by atoms with Crippen molar-refractivity contribution < 1.29 is 53.7 Å². The molecule has 1 heterocycles. The minimum Gasteiger partial charge on any atom is -0.481 e. The molecule has 1 aromatic heterocycles. The van der Waals surface area contributed by atoms with Crippen LogP contribution in [0.25, 0.3) is 10.9 Å². The Kier molecular flexibility index (Phi) is 18.0. The van der Waals surface area contributed by atoms with Crippen LogP contribution in [-0.2, 0) is 57.6 Å². The Hall–Kier alpha value is -7.08. The maximum atomic E-state index is 14.5. The van der Waals surface area contributed by atoms with Crippen molar-refractivity contribution >= 4 is 58.3 Å². The van der Waals surface area contributed by atoms with E-state index < -0.39 is 108 Å². The zero-order chi connectivity index (χ0) is 49.8. The van der Waals surface area contributed by atoms with E-state index in [4.69, 9.17) is 0 Å². The second kappa shape index (κ2) is 23.6. The van der Waals surface area contributed by atoms with Crippen LogP contribution in [-0.4, -0.2) is 110 Å². The number of carboxylic acids is 2. The summed E-state index contributed by atoms with van der Waals surface area (Å²) in [5, 5.41) is 46.9. The van der Waals surface area contributed by atoms with Crippen LogP contribution < -0.4 is 31.9 Å². The van der Waals surface area contributed by atoms with Crippen molar-refractivity contribution in [2.24, 2.45) is 11.8 Å². The van der Waals surface area contributed by atoms with Crippen molar-refractivity contribution in [2.45, 2.75) is 128 Å². The van der Waals surface area contributed by atoms with E-state index in [0.717, 1.165) is 33.2 Å².